The van der Waals surface area contributed by atoms with E-state index in [0.29, 0.717) is 10.8 Å². The Morgan fingerprint density at radius 2 is 1.81 bits per heavy atom. The molecule has 0 radical (unpaired) electrons. The Labute approximate surface area is 157 Å². The maximum Gasteiger partial charge on any atom is 0.350 e. The largest absolute Gasteiger partial charge is 0.476 e. The molecule has 0 N–H and O–H groups in total. The minimum Gasteiger partial charge on any atom is -0.476 e. The average Bonchev–Trinajstić information content (AvgIpc) is 3.16. The highest BCUT2D eigenvalue weighted by Crippen LogP contribution is 2.22. The van der Waals surface area contributed by atoms with Crippen LogP contribution in [-0.2, 0) is 16.1 Å². The number of nitrogens with zero attached hydrogens (tertiary/aromatic N) is 2. The molecule has 6 heteroatoms. The second-order valence-electron chi connectivity index (χ2n) is 6.26. The zero-order valence-corrected chi connectivity index (χ0v) is 15.3. The number of hydrogen-bond acceptors (Lipinski definition) is 4. The minimum absolute atomic E-state index is 0.172. The van der Waals surface area contributed by atoms with E-state index in [1.807, 2.05) is 36.5 Å². The van der Waals surface area contributed by atoms with Gasteiger partial charge in [0.05, 0.1) is 5.69 Å². The fourth-order valence-corrected chi connectivity index (χ4v) is 2.45. The van der Waals surface area contributed by atoms with Gasteiger partial charge in [-0.3, -0.25) is 0 Å². The molecule has 0 aliphatic rings. The van der Waals surface area contributed by atoms with E-state index in [2.05, 4.69) is 5.10 Å². The van der Waals surface area contributed by atoms with Gasteiger partial charge in [0.15, 0.2) is 5.60 Å². The van der Waals surface area contributed by atoms with Gasteiger partial charge >= 0.3 is 5.97 Å². The van der Waals surface area contributed by atoms with E-state index < -0.39 is 11.6 Å². The third kappa shape index (κ3) is 4.43. The van der Waals surface area contributed by atoms with Crippen LogP contribution < -0.4 is 4.74 Å². The molecule has 1 heterocycles. The molecule has 3 aromatic rings. The van der Waals surface area contributed by atoms with Gasteiger partial charge in [0.2, 0.25) is 0 Å². The summed E-state index contributed by atoms with van der Waals surface area (Å²) in [5.41, 5.74) is 0.719. The Kier molecular flexibility index (Phi) is 5.28. The van der Waals surface area contributed by atoms with Gasteiger partial charge < -0.3 is 9.47 Å². The number of ether oxygens (including phenoxy) is 2. The molecule has 0 aliphatic carbocycles. The number of esters is 1. The van der Waals surface area contributed by atoms with E-state index in [1.54, 1.807) is 49.0 Å². The van der Waals surface area contributed by atoms with Gasteiger partial charge in [-0.1, -0.05) is 23.7 Å². The van der Waals surface area contributed by atoms with Crippen molar-refractivity contribution in [2.45, 2.75) is 26.1 Å². The number of halogens is 1. The van der Waals surface area contributed by atoms with E-state index >= 15 is 0 Å². The third-order valence-electron chi connectivity index (χ3n) is 3.75. The number of rotatable bonds is 6. The first-order valence-corrected chi connectivity index (χ1v) is 8.53. The Morgan fingerprint density at radius 3 is 2.42 bits per heavy atom. The van der Waals surface area contributed by atoms with Crippen LogP contribution in [-0.4, -0.2) is 21.4 Å². The highest BCUT2D eigenvalue weighted by atomic mass is 35.5. The molecular formula is C20H19ClN2O3. The number of carbonyl (C=O) groups excluding carboxylic acids is 1. The van der Waals surface area contributed by atoms with Gasteiger partial charge in [0, 0.05) is 17.4 Å². The quantitative estimate of drug-likeness (QED) is 0.602. The molecule has 0 bridgehead atoms. The molecular weight excluding hydrogens is 352 g/mol. The van der Waals surface area contributed by atoms with Crippen LogP contribution in [0.1, 0.15) is 19.4 Å². The lowest BCUT2D eigenvalue weighted by Gasteiger charge is -2.24. The zero-order chi connectivity index (χ0) is 18.6. The summed E-state index contributed by atoms with van der Waals surface area (Å²) in [4.78, 5) is 12.4. The van der Waals surface area contributed by atoms with Gasteiger partial charge in [0.1, 0.15) is 12.4 Å². The monoisotopic (exact) mass is 370 g/mol. The average molecular weight is 371 g/mol. The van der Waals surface area contributed by atoms with Crippen LogP contribution in [0.5, 0.6) is 5.75 Å². The van der Waals surface area contributed by atoms with E-state index in [-0.39, 0.29) is 6.61 Å². The molecule has 134 valence electrons. The summed E-state index contributed by atoms with van der Waals surface area (Å²) in [5, 5.41) is 4.78. The molecule has 0 atom stereocenters. The maximum absolute atomic E-state index is 12.4. The second kappa shape index (κ2) is 7.62. The van der Waals surface area contributed by atoms with Crippen molar-refractivity contribution in [3.8, 4) is 11.4 Å². The Balaban J connectivity index is 1.57. The van der Waals surface area contributed by atoms with Crippen molar-refractivity contribution >= 4 is 17.6 Å². The molecule has 0 unspecified atom stereocenters. The van der Waals surface area contributed by atoms with Crippen LogP contribution in [0.4, 0.5) is 0 Å². The van der Waals surface area contributed by atoms with Crippen molar-refractivity contribution < 1.29 is 14.3 Å². The molecule has 26 heavy (non-hydrogen) atoms. The van der Waals surface area contributed by atoms with E-state index in [1.165, 1.54) is 0 Å². The van der Waals surface area contributed by atoms with Crippen molar-refractivity contribution in [2.24, 2.45) is 0 Å². The van der Waals surface area contributed by atoms with Crippen molar-refractivity contribution in [1.82, 2.24) is 9.78 Å². The lowest BCUT2D eigenvalue weighted by molar-refractivity contribution is -0.160. The van der Waals surface area contributed by atoms with Gasteiger partial charge in [0.25, 0.3) is 0 Å². The first kappa shape index (κ1) is 18.0. The Bertz CT molecular complexity index is 857. The highest BCUT2D eigenvalue weighted by Gasteiger charge is 2.31. The van der Waals surface area contributed by atoms with Gasteiger partial charge in [-0.15, -0.1) is 0 Å². The smallest absolute Gasteiger partial charge is 0.350 e. The standard InChI is InChI=1S/C20H19ClN2O3/c1-20(2,26-18-10-6-16(21)7-11-18)19(24)25-14-15-4-8-17(9-5-15)23-13-3-12-22-23/h3-13H,14H2,1-2H3. The summed E-state index contributed by atoms with van der Waals surface area (Å²) in [6.07, 6.45) is 3.59. The van der Waals surface area contributed by atoms with Gasteiger partial charge in [-0.2, -0.15) is 5.10 Å². The summed E-state index contributed by atoms with van der Waals surface area (Å²) in [7, 11) is 0. The van der Waals surface area contributed by atoms with Gasteiger partial charge in [-0.25, -0.2) is 9.48 Å². The Morgan fingerprint density at radius 1 is 1.12 bits per heavy atom. The minimum atomic E-state index is -1.11. The molecule has 3 rings (SSSR count). The maximum atomic E-state index is 12.4. The van der Waals surface area contributed by atoms with Crippen molar-refractivity contribution in [1.29, 1.82) is 0 Å². The van der Waals surface area contributed by atoms with Crippen LogP contribution >= 0.6 is 11.6 Å². The van der Waals surface area contributed by atoms with E-state index in [9.17, 15) is 4.79 Å². The van der Waals surface area contributed by atoms with Crippen LogP contribution in [0.25, 0.3) is 5.69 Å². The molecule has 5 nitrogen and oxygen atoms in total. The first-order chi connectivity index (χ1) is 12.4. The van der Waals surface area contributed by atoms with Crippen molar-refractivity contribution in [2.75, 3.05) is 0 Å². The fourth-order valence-electron chi connectivity index (χ4n) is 2.33. The third-order valence-corrected chi connectivity index (χ3v) is 4.01. The normalized spacial score (nSPS) is 11.2. The Hall–Kier alpha value is -2.79. The van der Waals surface area contributed by atoms with E-state index in [0.717, 1.165) is 11.3 Å². The molecule has 0 saturated heterocycles. The topological polar surface area (TPSA) is 53.4 Å². The predicted octanol–water partition coefficient (Wildman–Crippen LogP) is 4.43. The summed E-state index contributed by atoms with van der Waals surface area (Å²) in [6, 6.07) is 16.3. The van der Waals surface area contributed by atoms with Crippen molar-refractivity contribution in [3.05, 3.63) is 77.6 Å². The van der Waals surface area contributed by atoms with E-state index in [4.69, 9.17) is 21.1 Å². The predicted molar refractivity (Wildman–Crippen MR) is 99.5 cm³/mol. The van der Waals surface area contributed by atoms with Gasteiger partial charge in [-0.05, 0) is 61.9 Å². The summed E-state index contributed by atoms with van der Waals surface area (Å²) < 4.78 is 12.9. The van der Waals surface area contributed by atoms with Crippen LogP contribution in [0, 0.1) is 0 Å². The van der Waals surface area contributed by atoms with Crippen LogP contribution in [0.3, 0.4) is 0 Å². The number of hydrogen-bond donors (Lipinski definition) is 0. The number of aromatic nitrogens is 2. The zero-order valence-electron chi connectivity index (χ0n) is 14.6. The fraction of sp³-hybridized carbons (Fsp3) is 0.200. The molecule has 1 aromatic heterocycles. The highest BCUT2D eigenvalue weighted by molar-refractivity contribution is 6.30. The lowest BCUT2D eigenvalue weighted by atomic mass is 10.1. The number of benzene rings is 2. The molecule has 0 saturated carbocycles. The first-order valence-electron chi connectivity index (χ1n) is 8.15. The molecule has 0 fully saturated rings. The molecule has 2 aromatic carbocycles. The number of carbonyl (C=O) groups is 1. The summed E-state index contributed by atoms with van der Waals surface area (Å²) in [6.45, 7) is 3.52. The van der Waals surface area contributed by atoms with Crippen LogP contribution in [0.2, 0.25) is 5.02 Å². The summed E-state index contributed by atoms with van der Waals surface area (Å²) >= 11 is 5.85. The van der Waals surface area contributed by atoms with Crippen molar-refractivity contribution in [3.63, 3.8) is 0 Å². The molecule has 0 aliphatic heterocycles. The lowest BCUT2D eigenvalue weighted by Crippen LogP contribution is -2.39. The summed E-state index contributed by atoms with van der Waals surface area (Å²) in [5.74, 6) is 0.114. The van der Waals surface area contributed by atoms with Crippen LogP contribution in [0.15, 0.2) is 67.0 Å². The molecule has 0 amide bonds. The SMILES string of the molecule is CC(C)(Oc1ccc(Cl)cc1)C(=O)OCc1ccc(-n2cccn2)cc1. The second-order valence-corrected chi connectivity index (χ2v) is 6.70. The molecule has 0 spiro atoms.